The number of alkyl halides is 6. The van der Waals surface area contributed by atoms with Gasteiger partial charge in [-0.1, -0.05) is 30.2 Å². The third kappa shape index (κ3) is 6.64. The summed E-state index contributed by atoms with van der Waals surface area (Å²) in [5, 5.41) is 2.56. The Hall–Kier alpha value is -3.84. The Morgan fingerprint density at radius 3 is 2.19 bits per heavy atom. The van der Waals surface area contributed by atoms with Crippen molar-refractivity contribution in [1.29, 1.82) is 0 Å². The first-order valence-electron chi connectivity index (χ1n) is 10.7. The molecule has 1 heterocycles. The van der Waals surface area contributed by atoms with Crippen LogP contribution < -0.4 is 11.1 Å². The second kappa shape index (κ2) is 10.8. The standard InChI is InChI=1S/C26H21F6N3O/c1-16-5-2-3-7-21(16)22-14-20(6-4-9-33)35-15-23(22)24(36)34-10-8-17-11-18(25(27,28)29)13-19(12-17)26(30,31)32/h2-3,5,7,11-15H,8-10,33H2,1H3,(H,34,36). The molecule has 0 aliphatic carbocycles. The van der Waals surface area contributed by atoms with Crippen molar-refractivity contribution in [3.63, 3.8) is 0 Å². The number of carbonyl (C=O) groups is 1. The molecule has 1 amide bonds. The maximum absolute atomic E-state index is 13.1. The first kappa shape index (κ1) is 26.8. The number of amides is 1. The number of hydrogen-bond donors (Lipinski definition) is 2. The first-order chi connectivity index (χ1) is 16.9. The molecular formula is C26H21F6N3O. The molecule has 0 saturated heterocycles. The van der Waals surface area contributed by atoms with Gasteiger partial charge in [0.15, 0.2) is 0 Å². The van der Waals surface area contributed by atoms with E-state index in [4.69, 9.17) is 5.73 Å². The topological polar surface area (TPSA) is 68.0 Å². The van der Waals surface area contributed by atoms with Gasteiger partial charge in [0.25, 0.3) is 5.91 Å². The van der Waals surface area contributed by atoms with E-state index in [0.29, 0.717) is 23.4 Å². The van der Waals surface area contributed by atoms with Crippen LogP contribution in [-0.4, -0.2) is 24.0 Å². The molecule has 188 valence electrons. The van der Waals surface area contributed by atoms with Gasteiger partial charge in [0, 0.05) is 12.7 Å². The summed E-state index contributed by atoms with van der Waals surface area (Å²) in [7, 11) is 0. The number of benzene rings is 2. The van der Waals surface area contributed by atoms with Crippen molar-refractivity contribution >= 4 is 5.91 Å². The number of nitrogens with zero attached hydrogens (tertiary/aromatic N) is 1. The third-order valence-corrected chi connectivity index (χ3v) is 5.25. The molecular weight excluding hydrogens is 484 g/mol. The van der Waals surface area contributed by atoms with Gasteiger partial charge < -0.3 is 11.1 Å². The molecule has 0 bridgehead atoms. The Bertz CT molecular complexity index is 1290. The van der Waals surface area contributed by atoms with Crippen molar-refractivity contribution < 1.29 is 31.1 Å². The van der Waals surface area contributed by atoms with Crippen LogP contribution in [0.25, 0.3) is 11.1 Å². The number of aromatic nitrogens is 1. The predicted octanol–water partition coefficient (Wildman–Crippen LogP) is 5.38. The van der Waals surface area contributed by atoms with Gasteiger partial charge in [0.1, 0.15) is 5.69 Å². The molecule has 0 spiro atoms. The van der Waals surface area contributed by atoms with Crippen LogP contribution in [0.15, 0.2) is 54.7 Å². The zero-order chi connectivity index (χ0) is 26.5. The summed E-state index contributed by atoms with van der Waals surface area (Å²) in [4.78, 5) is 17.1. The van der Waals surface area contributed by atoms with Crippen molar-refractivity contribution in [2.24, 2.45) is 5.73 Å². The summed E-state index contributed by atoms with van der Waals surface area (Å²) in [5.74, 6) is 4.90. The van der Waals surface area contributed by atoms with E-state index in [1.165, 1.54) is 6.20 Å². The number of nitrogens with two attached hydrogens (primary N) is 1. The fraction of sp³-hybridized carbons (Fsp3) is 0.231. The molecule has 0 aliphatic rings. The van der Waals surface area contributed by atoms with E-state index in [9.17, 15) is 31.1 Å². The lowest BCUT2D eigenvalue weighted by Crippen LogP contribution is -2.26. The number of aryl methyl sites for hydroxylation is 1. The fourth-order valence-electron chi connectivity index (χ4n) is 3.52. The number of halogens is 6. The maximum atomic E-state index is 13.1. The molecule has 0 saturated carbocycles. The van der Waals surface area contributed by atoms with Crippen molar-refractivity contribution in [2.45, 2.75) is 25.7 Å². The third-order valence-electron chi connectivity index (χ3n) is 5.25. The Balaban J connectivity index is 1.86. The molecule has 0 fully saturated rings. The van der Waals surface area contributed by atoms with E-state index < -0.39 is 29.4 Å². The monoisotopic (exact) mass is 505 g/mol. The number of carbonyl (C=O) groups excluding carboxylic acids is 1. The zero-order valence-electron chi connectivity index (χ0n) is 19.0. The zero-order valence-corrected chi connectivity index (χ0v) is 19.0. The minimum Gasteiger partial charge on any atom is -0.352 e. The van der Waals surface area contributed by atoms with Crippen molar-refractivity contribution in [3.05, 3.63) is 88.2 Å². The highest BCUT2D eigenvalue weighted by Crippen LogP contribution is 2.36. The second-order valence-electron chi connectivity index (χ2n) is 7.86. The Morgan fingerprint density at radius 1 is 0.972 bits per heavy atom. The number of rotatable bonds is 5. The molecule has 2 aromatic carbocycles. The van der Waals surface area contributed by atoms with E-state index in [1.54, 1.807) is 12.1 Å². The highest BCUT2D eigenvalue weighted by Gasteiger charge is 2.36. The van der Waals surface area contributed by atoms with Crippen LogP contribution in [0.4, 0.5) is 26.3 Å². The normalized spacial score (nSPS) is 11.6. The molecule has 4 nitrogen and oxygen atoms in total. The Kier molecular flexibility index (Phi) is 8.05. The van der Waals surface area contributed by atoms with Crippen molar-refractivity contribution in [3.8, 4) is 23.0 Å². The van der Waals surface area contributed by atoms with Gasteiger partial charge in [-0.05, 0) is 65.8 Å². The summed E-state index contributed by atoms with van der Waals surface area (Å²) in [6.07, 6.45) is -8.81. The van der Waals surface area contributed by atoms with Crippen LogP contribution in [0.1, 0.15) is 38.3 Å². The molecule has 3 aromatic rings. The molecule has 0 unspecified atom stereocenters. The first-order valence-corrected chi connectivity index (χ1v) is 10.7. The molecule has 3 N–H and O–H groups in total. The summed E-state index contributed by atoms with van der Waals surface area (Å²) >= 11 is 0. The number of pyridine rings is 1. The van der Waals surface area contributed by atoms with Gasteiger partial charge in [-0.15, -0.1) is 0 Å². The average molecular weight is 505 g/mol. The number of hydrogen-bond acceptors (Lipinski definition) is 3. The van der Waals surface area contributed by atoms with Gasteiger partial charge in [-0.2, -0.15) is 26.3 Å². The molecule has 0 atom stereocenters. The van der Waals surface area contributed by atoms with Crippen molar-refractivity contribution in [1.82, 2.24) is 10.3 Å². The smallest absolute Gasteiger partial charge is 0.352 e. The Labute approximate surface area is 203 Å². The van der Waals surface area contributed by atoms with Gasteiger partial charge in [-0.3, -0.25) is 4.79 Å². The van der Waals surface area contributed by atoms with Gasteiger partial charge in [0.05, 0.1) is 23.2 Å². The highest BCUT2D eigenvalue weighted by atomic mass is 19.4. The lowest BCUT2D eigenvalue weighted by Gasteiger charge is -2.15. The maximum Gasteiger partial charge on any atom is 0.416 e. The average Bonchev–Trinajstić information content (AvgIpc) is 2.81. The van der Waals surface area contributed by atoms with Crippen LogP contribution in [0.5, 0.6) is 0 Å². The van der Waals surface area contributed by atoms with Crippen LogP contribution in [0.2, 0.25) is 0 Å². The highest BCUT2D eigenvalue weighted by molar-refractivity contribution is 6.01. The van der Waals surface area contributed by atoms with Gasteiger partial charge in [-0.25, -0.2) is 4.98 Å². The minimum atomic E-state index is -4.94. The second-order valence-corrected chi connectivity index (χ2v) is 7.86. The van der Waals surface area contributed by atoms with Crippen LogP contribution in [-0.2, 0) is 18.8 Å². The molecule has 10 heteroatoms. The molecule has 36 heavy (non-hydrogen) atoms. The molecule has 3 rings (SSSR count). The van der Waals surface area contributed by atoms with Crippen LogP contribution >= 0.6 is 0 Å². The molecule has 0 radical (unpaired) electrons. The SMILES string of the molecule is Cc1ccccc1-c1cc(C#CCN)ncc1C(=O)NCCc1cc(C(F)(F)F)cc(C(F)(F)F)c1. The van der Waals surface area contributed by atoms with E-state index in [2.05, 4.69) is 22.1 Å². The minimum absolute atomic E-state index is 0.0668. The summed E-state index contributed by atoms with van der Waals surface area (Å²) in [5.41, 5.74) is 5.11. The lowest BCUT2D eigenvalue weighted by atomic mass is 9.96. The van der Waals surface area contributed by atoms with Crippen molar-refractivity contribution in [2.75, 3.05) is 13.1 Å². The Morgan fingerprint density at radius 2 is 1.61 bits per heavy atom. The van der Waals surface area contributed by atoms with E-state index in [1.807, 2.05) is 25.1 Å². The fourth-order valence-corrected chi connectivity index (χ4v) is 3.52. The summed E-state index contributed by atoms with van der Waals surface area (Å²) in [6, 6.07) is 10.3. The largest absolute Gasteiger partial charge is 0.416 e. The van der Waals surface area contributed by atoms with E-state index >= 15 is 0 Å². The van der Waals surface area contributed by atoms with E-state index in [-0.39, 0.29) is 36.7 Å². The van der Waals surface area contributed by atoms with Crippen LogP contribution in [0.3, 0.4) is 0 Å². The van der Waals surface area contributed by atoms with Gasteiger partial charge in [0.2, 0.25) is 0 Å². The molecule has 0 aliphatic heterocycles. The number of nitrogens with one attached hydrogen (secondary N) is 1. The quantitative estimate of drug-likeness (QED) is 0.362. The van der Waals surface area contributed by atoms with Gasteiger partial charge >= 0.3 is 12.4 Å². The lowest BCUT2D eigenvalue weighted by molar-refractivity contribution is -0.143. The summed E-state index contributed by atoms with van der Waals surface area (Å²) in [6.45, 7) is 1.78. The van der Waals surface area contributed by atoms with Crippen LogP contribution in [0, 0.1) is 18.8 Å². The molecule has 1 aromatic heterocycles. The predicted molar refractivity (Wildman–Crippen MR) is 123 cm³/mol. The summed E-state index contributed by atoms with van der Waals surface area (Å²) < 4.78 is 78.6. The van der Waals surface area contributed by atoms with E-state index in [0.717, 1.165) is 11.1 Å².